The van der Waals surface area contributed by atoms with Gasteiger partial charge in [-0.15, -0.1) is 0 Å². The van der Waals surface area contributed by atoms with Crippen molar-refractivity contribution in [1.29, 1.82) is 0 Å². The highest BCUT2D eigenvalue weighted by Crippen LogP contribution is 2.53. The number of carbonyl (C=O) groups excluding carboxylic acids is 3. The van der Waals surface area contributed by atoms with Crippen molar-refractivity contribution >= 4 is 35.0 Å². The molecule has 4 atom stereocenters. The van der Waals surface area contributed by atoms with Crippen molar-refractivity contribution in [2.75, 3.05) is 25.6 Å². The number of methoxy groups -OCH3 is 1. The van der Waals surface area contributed by atoms with E-state index in [-0.39, 0.29) is 37.0 Å². The molecule has 3 heterocycles. The summed E-state index contributed by atoms with van der Waals surface area (Å²) in [5, 5.41) is 26.1. The summed E-state index contributed by atoms with van der Waals surface area (Å²) >= 11 is 6.24. The Kier molecular flexibility index (Phi) is 5.08. The molecule has 10 heteroatoms. The Morgan fingerprint density at radius 2 is 1.88 bits per heavy atom. The van der Waals surface area contributed by atoms with Gasteiger partial charge in [0.1, 0.15) is 5.54 Å². The van der Waals surface area contributed by atoms with E-state index in [2.05, 4.69) is 10.6 Å². The molecule has 3 amide bonds. The first-order valence-electron chi connectivity index (χ1n) is 10.5. The van der Waals surface area contributed by atoms with Crippen LogP contribution in [0.1, 0.15) is 11.1 Å². The summed E-state index contributed by atoms with van der Waals surface area (Å²) in [6, 6.07) is 8.77. The van der Waals surface area contributed by atoms with Gasteiger partial charge in [-0.1, -0.05) is 17.7 Å². The lowest BCUT2D eigenvalue weighted by atomic mass is 9.76. The number of ether oxygens (including phenoxy) is 1. The third-order valence-corrected chi connectivity index (χ3v) is 7.02. The lowest BCUT2D eigenvalue weighted by Crippen LogP contribution is -2.53. The number of nitrogens with zero attached hydrogens (tertiary/aromatic N) is 1. The Bertz CT molecular complexity index is 1190. The van der Waals surface area contributed by atoms with Gasteiger partial charge in [0.25, 0.3) is 0 Å². The van der Waals surface area contributed by atoms with E-state index in [1.807, 2.05) is 0 Å². The van der Waals surface area contributed by atoms with E-state index < -0.39 is 35.2 Å². The molecule has 2 fully saturated rings. The summed E-state index contributed by atoms with van der Waals surface area (Å²) < 4.78 is 5.07. The summed E-state index contributed by atoms with van der Waals surface area (Å²) in [4.78, 5) is 41.5. The number of phenolic OH excluding ortho intramolecular Hbond substituents is 2. The molecule has 1 spiro atoms. The van der Waals surface area contributed by atoms with Crippen LogP contribution < -0.4 is 10.6 Å². The van der Waals surface area contributed by atoms with Crippen LogP contribution in [0.3, 0.4) is 0 Å². The van der Waals surface area contributed by atoms with Crippen LogP contribution in [-0.2, 0) is 31.1 Å². The third kappa shape index (κ3) is 3.11. The molecule has 172 valence electrons. The second-order valence-corrected chi connectivity index (χ2v) is 8.99. The van der Waals surface area contributed by atoms with Gasteiger partial charge in [-0.2, -0.15) is 0 Å². The number of anilines is 1. The number of halogens is 1. The molecule has 3 aliphatic heterocycles. The van der Waals surface area contributed by atoms with Gasteiger partial charge in [0.05, 0.1) is 25.0 Å². The van der Waals surface area contributed by atoms with Crippen molar-refractivity contribution in [3.8, 4) is 11.5 Å². The lowest BCUT2D eigenvalue weighted by molar-refractivity contribution is -0.143. The molecule has 2 aromatic carbocycles. The third-order valence-electron chi connectivity index (χ3n) is 6.78. The molecule has 4 N–H and O–H groups in total. The number of fused-ring (bicyclic) bond motifs is 4. The van der Waals surface area contributed by atoms with E-state index in [1.165, 1.54) is 24.1 Å². The molecule has 0 saturated carbocycles. The Labute approximate surface area is 194 Å². The van der Waals surface area contributed by atoms with Crippen molar-refractivity contribution in [3.63, 3.8) is 0 Å². The summed E-state index contributed by atoms with van der Waals surface area (Å²) in [6.45, 7) is 0.274. The molecule has 3 aliphatic rings. The molecule has 2 saturated heterocycles. The maximum atomic E-state index is 13.5. The fourth-order valence-electron chi connectivity index (χ4n) is 5.36. The van der Waals surface area contributed by atoms with E-state index in [1.54, 1.807) is 24.3 Å². The molecule has 0 bridgehead atoms. The van der Waals surface area contributed by atoms with Crippen LogP contribution in [0.4, 0.5) is 5.69 Å². The first kappa shape index (κ1) is 21.7. The zero-order valence-electron chi connectivity index (χ0n) is 17.7. The van der Waals surface area contributed by atoms with Crippen molar-refractivity contribution in [1.82, 2.24) is 10.2 Å². The minimum atomic E-state index is -1.46. The van der Waals surface area contributed by atoms with Gasteiger partial charge in [-0.3, -0.25) is 24.6 Å². The highest BCUT2D eigenvalue weighted by atomic mass is 35.5. The predicted octanol–water partition coefficient (Wildman–Crippen LogP) is 1.36. The zero-order valence-corrected chi connectivity index (χ0v) is 18.4. The van der Waals surface area contributed by atoms with Gasteiger partial charge >= 0.3 is 0 Å². The highest BCUT2D eigenvalue weighted by molar-refractivity contribution is 6.31. The van der Waals surface area contributed by atoms with Crippen molar-refractivity contribution in [3.05, 3.63) is 52.5 Å². The van der Waals surface area contributed by atoms with Crippen LogP contribution in [0.25, 0.3) is 0 Å². The van der Waals surface area contributed by atoms with Crippen LogP contribution in [0.15, 0.2) is 36.4 Å². The van der Waals surface area contributed by atoms with Crippen LogP contribution in [-0.4, -0.2) is 59.1 Å². The van der Waals surface area contributed by atoms with E-state index in [0.29, 0.717) is 21.8 Å². The average molecular weight is 472 g/mol. The number of amides is 3. The van der Waals surface area contributed by atoms with Crippen molar-refractivity contribution < 1.29 is 29.3 Å². The summed E-state index contributed by atoms with van der Waals surface area (Å²) in [6.07, 6.45) is 0.247. The number of carbonyl (C=O) groups is 3. The van der Waals surface area contributed by atoms with Gasteiger partial charge in [0, 0.05) is 29.4 Å². The number of nitrogens with one attached hydrogen (secondary N) is 2. The van der Waals surface area contributed by atoms with Gasteiger partial charge in [0.2, 0.25) is 17.7 Å². The Hall–Kier alpha value is -3.14. The Balaban J connectivity index is 1.61. The largest absolute Gasteiger partial charge is 0.504 e. The minimum Gasteiger partial charge on any atom is -0.504 e. The number of rotatable bonds is 5. The number of benzene rings is 2. The quantitative estimate of drug-likeness (QED) is 0.383. The summed E-state index contributed by atoms with van der Waals surface area (Å²) in [5.74, 6) is -3.54. The number of hydrogen-bond donors (Lipinski definition) is 4. The summed E-state index contributed by atoms with van der Waals surface area (Å²) in [5.41, 5.74) is 0.247. The van der Waals surface area contributed by atoms with Gasteiger partial charge in [-0.25, -0.2) is 0 Å². The topological polar surface area (TPSA) is 128 Å². The highest BCUT2D eigenvalue weighted by Gasteiger charge is 2.70. The molecule has 9 nitrogen and oxygen atoms in total. The zero-order chi connectivity index (χ0) is 23.5. The van der Waals surface area contributed by atoms with Gasteiger partial charge in [-0.05, 0) is 42.3 Å². The molecule has 0 aromatic heterocycles. The first-order valence-corrected chi connectivity index (χ1v) is 10.9. The van der Waals surface area contributed by atoms with E-state index in [9.17, 15) is 24.6 Å². The average Bonchev–Trinajstić information content (AvgIpc) is 3.34. The van der Waals surface area contributed by atoms with Gasteiger partial charge in [0.15, 0.2) is 11.5 Å². The monoisotopic (exact) mass is 471 g/mol. The molecule has 33 heavy (non-hydrogen) atoms. The van der Waals surface area contributed by atoms with Crippen LogP contribution in [0, 0.1) is 11.8 Å². The second-order valence-electron chi connectivity index (χ2n) is 8.55. The molecule has 2 aromatic rings. The molecule has 5 rings (SSSR count). The van der Waals surface area contributed by atoms with E-state index in [4.69, 9.17) is 16.3 Å². The fourth-order valence-corrected chi connectivity index (χ4v) is 5.53. The number of likely N-dealkylation sites (tertiary alicyclic amines) is 1. The molecule has 0 radical (unpaired) electrons. The fraction of sp³-hybridized carbons (Fsp3) is 0.348. The standard InChI is InChI=1S/C23H22ClN3O6/c1-33-7-6-27-20(30)18-15(8-11-2-5-16(28)17(29)9-11)26-23(19(18)21(27)31)13-10-12(24)3-4-14(13)25-22(23)32/h2-5,9-10,15,18-19,26,28-29H,6-8H2,1H3,(H,25,32)/t15-,18+,19+,23+/m0/s1. The molecular weight excluding hydrogens is 450 g/mol. The number of aromatic hydroxyl groups is 2. The minimum absolute atomic E-state index is 0.0913. The molecule has 0 aliphatic carbocycles. The Morgan fingerprint density at radius 1 is 1.09 bits per heavy atom. The number of hydrogen-bond acceptors (Lipinski definition) is 7. The summed E-state index contributed by atoms with van der Waals surface area (Å²) in [7, 11) is 1.48. The SMILES string of the molecule is COCCN1C(=O)[C@@H]2[C@H](Cc3ccc(O)c(O)c3)N[C@@]3(C(=O)Nc4ccc(Cl)cc43)[C@H]2C1=O. The van der Waals surface area contributed by atoms with Crippen molar-refractivity contribution in [2.24, 2.45) is 11.8 Å². The number of phenols is 2. The van der Waals surface area contributed by atoms with Gasteiger partial charge < -0.3 is 20.3 Å². The molecular formula is C23H22ClN3O6. The van der Waals surface area contributed by atoms with Crippen LogP contribution in [0.2, 0.25) is 5.02 Å². The predicted molar refractivity (Wildman–Crippen MR) is 118 cm³/mol. The maximum Gasteiger partial charge on any atom is 0.250 e. The van der Waals surface area contributed by atoms with Crippen LogP contribution >= 0.6 is 11.6 Å². The maximum absolute atomic E-state index is 13.5. The van der Waals surface area contributed by atoms with E-state index in [0.717, 1.165) is 0 Å². The van der Waals surface area contributed by atoms with Crippen molar-refractivity contribution in [2.45, 2.75) is 18.0 Å². The normalized spacial score (nSPS) is 27.9. The second kappa shape index (κ2) is 7.72. The molecule has 0 unspecified atom stereocenters. The Morgan fingerprint density at radius 3 is 2.61 bits per heavy atom. The lowest BCUT2D eigenvalue weighted by Gasteiger charge is -2.29. The van der Waals surface area contributed by atoms with Crippen LogP contribution in [0.5, 0.6) is 11.5 Å². The van der Waals surface area contributed by atoms with E-state index >= 15 is 0 Å². The smallest absolute Gasteiger partial charge is 0.250 e. The number of imide groups is 1. The first-order chi connectivity index (χ1) is 15.8.